The quantitative estimate of drug-likeness (QED) is 0.871. The second-order valence-electron chi connectivity index (χ2n) is 5.24. The largest absolute Gasteiger partial charge is 0.479 e. The van der Waals surface area contributed by atoms with Gasteiger partial charge in [-0.2, -0.15) is 0 Å². The Balaban J connectivity index is 1.58. The highest BCUT2D eigenvalue weighted by Gasteiger charge is 2.28. The Bertz CT molecular complexity index is 664. The Morgan fingerprint density at radius 2 is 2.23 bits per heavy atom. The Labute approximate surface area is 126 Å². The number of benzene rings is 1. The molecule has 1 aromatic carbocycles. The van der Waals surface area contributed by atoms with E-state index in [4.69, 9.17) is 9.84 Å². The third kappa shape index (κ3) is 3.09. The van der Waals surface area contributed by atoms with Crippen molar-refractivity contribution in [2.45, 2.75) is 18.9 Å². The van der Waals surface area contributed by atoms with Crippen molar-refractivity contribution < 1.29 is 19.4 Å². The summed E-state index contributed by atoms with van der Waals surface area (Å²) in [7, 11) is 0. The molecule has 0 radical (unpaired) electrons. The normalized spacial score (nSPS) is 18.5. The Morgan fingerprint density at radius 1 is 1.41 bits per heavy atom. The first kappa shape index (κ1) is 14.5. The molecule has 2 aromatic rings. The fraction of sp³-hybridized carbons (Fsp3) is 0.400. The number of amides is 1. The lowest BCUT2D eigenvalue weighted by Gasteiger charge is -2.30. The minimum absolute atomic E-state index is 0.0741. The number of hydrogen-bond donors (Lipinski definition) is 2. The number of aliphatic carboxylic acids is 1. The number of aromatic amines is 1. The summed E-state index contributed by atoms with van der Waals surface area (Å²) in [5.41, 5.74) is 1.82. The van der Waals surface area contributed by atoms with Gasteiger partial charge in [-0.25, -0.2) is 9.78 Å². The number of carboxylic acid groups (broad SMARTS) is 1. The van der Waals surface area contributed by atoms with Gasteiger partial charge < -0.3 is 19.7 Å². The molecule has 2 heterocycles. The maximum Gasteiger partial charge on any atom is 0.334 e. The van der Waals surface area contributed by atoms with Crippen molar-refractivity contribution >= 4 is 22.9 Å². The van der Waals surface area contributed by atoms with Crippen LogP contribution in [-0.2, 0) is 20.7 Å². The summed E-state index contributed by atoms with van der Waals surface area (Å²) in [4.78, 5) is 32.3. The first-order chi connectivity index (χ1) is 10.6. The average Bonchev–Trinajstić information content (AvgIpc) is 2.95. The molecule has 116 valence electrons. The lowest BCUT2D eigenvalue weighted by molar-refractivity contribution is -0.159. The van der Waals surface area contributed by atoms with Crippen molar-refractivity contribution in [3.63, 3.8) is 0 Å². The third-order valence-corrected chi connectivity index (χ3v) is 3.71. The van der Waals surface area contributed by atoms with E-state index >= 15 is 0 Å². The number of nitrogens with zero attached hydrogens (tertiary/aromatic N) is 2. The molecule has 3 rings (SSSR count). The first-order valence-corrected chi connectivity index (χ1v) is 7.19. The number of ether oxygens (including phenoxy) is 1. The highest BCUT2D eigenvalue weighted by molar-refractivity contribution is 5.79. The van der Waals surface area contributed by atoms with Gasteiger partial charge in [0.05, 0.1) is 24.2 Å². The second kappa shape index (κ2) is 6.15. The molecule has 0 unspecified atom stereocenters. The van der Waals surface area contributed by atoms with E-state index in [1.807, 2.05) is 24.3 Å². The third-order valence-electron chi connectivity index (χ3n) is 3.71. The molecule has 0 spiro atoms. The van der Waals surface area contributed by atoms with Crippen molar-refractivity contribution in [3.8, 4) is 0 Å². The molecule has 0 saturated carbocycles. The van der Waals surface area contributed by atoms with Crippen molar-refractivity contribution in [2.24, 2.45) is 0 Å². The van der Waals surface area contributed by atoms with Gasteiger partial charge in [0, 0.05) is 19.4 Å². The summed E-state index contributed by atoms with van der Waals surface area (Å²) < 4.78 is 5.11. The smallest absolute Gasteiger partial charge is 0.334 e. The number of rotatable bonds is 4. The lowest BCUT2D eigenvalue weighted by Crippen LogP contribution is -2.48. The molecule has 7 nitrogen and oxygen atoms in total. The van der Waals surface area contributed by atoms with Crippen LogP contribution in [0.5, 0.6) is 0 Å². The summed E-state index contributed by atoms with van der Waals surface area (Å²) in [5, 5.41) is 8.95. The van der Waals surface area contributed by atoms with Crippen LogP contribution in [0.15, 0.2) is 24.3 Å². The Hall–Kier alpha value is -2.41. The number of hydrogen-bond acceptors (Lipinski definition) is 4. The number of morpholine rings is 1. The standard InChI is InChI=1S/C15H17N3O4/c19-14(18-7-8-22-12(9-18)15(20)21)6-5-13-16-10-3-1-2-4-11(10)17-13/h1-4,12H,5-9H2,(H,16,17)(H,20,21)/t12-/m0/s1. The summed E-state index contributed by atoms with van der Waals surface area (Å²) in [6.07, 6.45) is -0.127. The molecule has 0 aliphatic carbocycles. The van der Waals surface area contributed by atoms with Crippen molar-refractivity contribution in [1.82, 2.24) is 14.9 Å². The van der Waals surface area contributed by atoms with Gasteiger partial charge in [0.2, 0.25) is 5.91 Å². The van der Waals surface area contributed by atoms with E-state index in [-0.39, 0.29) is 19.1 Å². The SMILES string of the molecule is O=C(O)[C@@H]1CN(C(=O)CCc2nc3ccccc3[nH]2)CCO1. The van der Waals surface area contributed by atoms with Gasteiger partial charge in [-0.3, -0.25) is 4.79 Å². The Kier molecular flexibility index (Phi) is 4.06. The van der Waals surface area contributed by atoms with Crippen molar-refractivity contribution in [1.29, 1.82) is 0 Å². The predicted molar refractivity (Wildman–Crippen MR) is 78.4 cm³/mol. The average molecular weight is 303 g/mol. The number of carboxylic acids is 1. The topological polar surface area (TPSA) is 95.5 Å². The number of imidazole rings is 1. The lowest BCUT2D eigenvalue weighted by atomic mass is 10.2. The number of H-pyrrole nitrogens is 1. The molecule has 1 atom stereocenters. The van der Waals surface area contributed by atoms with Gasteiger partial charge in [0.15, 0.2) is 6.10 Å². The minimum Gasteiger partial charge on any atom is -0.479 e. The van der Waals surface area contributed by atoms with Gasteiger partial charge in [0.25, 0.3) is 0 Å². The molecule has 22 heavy (non-hydrogen) atoms. The Morgan fingerprint density at radius 3 is 3.00 bits per heavy atom. The van der Waals surface area contributed by atoms with E-state index in [1.165, 1.54) is 0 Å². The number of fused-ring (bicyclic) bond motifs is 1. The second-order valence-corrected chi connectivity index (χ2v) is 5.24. The zero-order chi connectivity index (χ0) is 15.5. The maximum atomic E-state index is 12.2. The van der Waals surface area contributed by atoms with Crippen LogP contribution < -0.4 is 0 Å². The molecule has 1 aliphatic rings. The van der Waals surface area contributed by atoms with Gasteiger partial charge >= 0.3 is 5.97 Å². The van der Waals surface area contributed by atoms with Gasteiger partial charge in [-0.15, -0.1) is 0 Å². The highest BCUT2D eigenvalue weighted by Crippen LogP contribution is 2.13. The molecule has 1 amide bonds. The summed E-state index contributed by atoms with van der Waals surface area (Å²) in [5.74, 6) is -0.345. The zero-order valence-electron chi connectivity index (χ0n) is 12.0. The highest BCUT2D eigenvalue weighted by atomic mass is 16.5. The van der Waals surface area contributed by atoms with Gasteiger partial charge in [0.1, 0.15) is 5.82 Å². The maximum absolute atomic E-state index is 12.2. The van der Waals surface area contributed by atoms with Crippen LogP contribution in [0.3, 0.4) is 0 Å². The van der Waals surface area contributed by atoms with Crippen molar-refractivity contribution in [2.75, 3.05) is 19.7 Å². The summed E-state index contributed by atoms with van der Waals surface area (Å²) in [6.45, 7) is 0.796. The summed E-state index contributed by atoms with van der Waals surface area (Å²) in [6, 6.07) is 7.69. The number of carbonyl (C=O) groups excluding carboxylic acids is 1. The summed E-state index contributed by atoms with van der Waals surface area (Å²) >= 11 is 0. The van der Waals surface area contributed by atoms with Crippen LogP contribution in [-0.4, -0.2) is 57.7 Å². The zero-order valence-corrected chi connectivity index (χ0v) is 12.0. The molecule has 1 aromatic heterocycles. The fourth-order valence-corrected chi connectivity index (χ4v) is 2.53. The molecular formula is C15H17N3O4. The van der Waals surface area contributed by atoms with E-state index < -0.39 is 12.1 Å². The first-order valence-electron chi connectivity index (χ1n) is 7.19. The molecule has 7 heteroatoms. The van der Waals surface area contributed by atoms with Gasteiger partial charge in [-0.05, 0) is 12.1 Å². The van der Waals surface area contributed by atoms with Crippen LogP contribution in [0.25, 0.3) is 11.0 Å². The number of carbonyl (C=O) groups is 2. The van der Waals surface area contributed by atoms with E-state index in [1.54, 1.807) is 4.90 Å². The number of aryl methyl sites for hydroxylation is 1. The molecule has 2 N–H and O–H groups in total. The van der Waals surface area contributed by atoms with E-state index in [0.29, 0.717) is 19.4 Å². The number of aromatic nitrogens is 2. The number of para-hydroxylation sites is 2. The van der Waals surface area contributed by atoms with Crippen LogP contribution in [0.1, 0.15) is 12.2 Å². The number of nitrogens with one attached hydrogen (secondary N) is 1. The predicted octanol–water partition coefficient (Wildman–Crippen LogP) is 0.807. The van der Waals surface area contributed by atoms with E-state index in [0.717, 1.165) is 16.9 Å². The molecule has 1 saturated heterocycles. The van der Waals surface area contributed by atoms with Crippen LogP contribution >= 0.6 is 0 Å². The van der Waals surface area contributed by atoms with Gasteiger partial charge in [-0.1, -0.05) is 12.1 Å². The van der Waals surface area contributed by atoms with Crippen LogP contribution in [0.2, 0.25) is 0 Å². The fourth-order valence-electron chi connectivity index (χ4n) is 2.53. The van der Waals surface area contributed by atoms with Crippen molar-refractivity contribution in [3.05, 3.63) is 30.1 Å². The molecule has 1 aliphatic heterocycles. The molecule has 0 bridgehead atoms. The monoisotopic (exact) mass is 303 g/mol. The van der Waals surface area contributed by atoms with E-state index in [9.17, 15) is 9.59 Å². The van der Waals surface area contributed by atoms with E-state index in [2.05, 4.69) is 9.97 Å². The van der Waals surface area contributed by atoms with Crippen LogP contribution in [0.4, 0.5) is 0 Å². The molecule has 1 fully saturated rings. The minimum atomic E-state index is -1.03. The molecular weight excluding hydrogens is 286 g/mol. The van der Waals surface area contributed by atoms with Crippen LogP contribution in [0, 0.1) is 0 Å².